The SMILES string of the molecule is COc1nc(N[C@H]2CCOC[C@@H]2F)nc2[nH]cc(-c3ccc4nccn4c3)c12. The molecule has 0 saturated carbocycles. The first-order chi connectivity index (χ1) is 13.7. The largest absolute Gasteiger partial charge is 0.480 e. The number of methoxy groups -OCH3 is 1. The third kappa shape index (κ3) is 2.84. The molecule has 4 aromatic rings. The maximum Gasteiger partial charge on any atom is 0.228 e. The Morgan fingerprint density at radius 2 is 2.29 bits per heavy atom. The number of fused-ring (bicyclic) bond motifs is 2. The highest BCUT2D eigenvalue weighted by Gasteiger charge is 2.26. The molecule has 0 unspecified atom stereocenters. The van der Waals surface area contributed by atoms with Gasteiger partial charge in [-0.2, -0.15) is 9.97 Å². The van der Waals surface area contributed by atoms with Gasteiger partial charge in [0.05, 0.1) is 25.1 Å². The second-order valence-corrected chi connectivity index (χ2v) is 6.72. The molecule has 0 amide bonds. The summed E-state index contributed by atoms with van der Waals surface area (Å²) in [5.74, 6) is 0.759. The molecule has 0 radical (unpaired) electrons. The third-order valence-corrected chi connectivity index (χ3v) is 4.99. The molecule has 28 heavy (non-hydrogen) atoms. The zero-order chi connectivity index (χ0) is 19.1. The Morgan fingerprint density at radius 3 is 3.14 bits per heavy atom. The molecule has 5 heterocycles. The molecule has 2 atom stereocenters. The first-order valence-electron chi connectivity index (χ1n) is 9.07. The van der Waals surface area contributed by atoms with Crippen LogP contribution >= 0.6 is 0 Å². The topological polar surface area (TPSA) is 89.4 Å². The Bertz CT molecular complexity index is 1140. The average molecular weight is 382 g/mol. The summed E-state index contributed by atoms with van der Waals surface area (Å²) in [6.07, 6.45) is 6.98. The predicted molar refractivity (Wildman–Crippen MR) is 102 cm³/mol. The third-order valence-electron chi connectivity index (χ3n) is 4.99. The van der Waals surface area contributed by atoms with Crippen LogP contribution in [-0.2, 0) is 4.74 Å². The van der Waals surface area contributed by atoms with Gasteiger partial charge in [0, 0.05) is 42.5 Å². The van der Waals surface area contributed by atoms with E-state index in [0.717, 1.165) is 22.2 Å². The predicted octanol–water partition coefficient (Wildman–Crippen LogP) is 2.82. The number of ether oxygens (including phenoxy) is 2. The standard InChI is InChI=1S/C19H19FN6O2/c1-27-18-16-12(11-2-3-15-21-5-6-26(15)9-11)8-22-17(16)24-19(25-18)23-14-4-7-28-10-13(14)20/h2-3,5-6,8-9,13-14H,4,7,10H2,1H3,(H2,22,23,24,25)/t13-,14-/m0/s1. The number of alkyl halides is 1. The van der Waals surface area contributed by atoms with E-state index in [2.05, 4.69) is 25.3 Å². The molecule has 1 aliphatic heterocycles. The number of aromatic nitrogens is 5. The van der Waals surface area contributed by atoms with Gasteiger partial charge in [-0.15, -0.1) is 0 Å². The van der Waals surface area contributed by atoms with Crippen LogP contribution in [0.15, 0.2) is 36.9 Å². The molecule has 0 aromatic carbocycles. The van der Waals surface area contributed by atoms with Gasteiger partial charge in [0.25, 0.3) is 0 Å². The summed E-state index contributed by atoms with van der Waals surface area (Å²) in [5, 5.41) is 3.85. The molecule has 0 bridgehead atoms. The van der Waals surface area contributed by atoms with Crippen molar-refractivity contribution in [3.05, 3.63) is 36.9 Å². The average Bonchev–Trinajstić information content (AvgIpc) is 3.35. The molecule has 0 spiro atoms. The summed E-state index contributed by atoms with van der Waals surface area (Å²) in [5.41, 5.74) is 3.39. The number of hydrogen-bond donors (Lipinski definition) is 2. The second kappa shape index (κ2) is 6.75. The van der Waals surface area contributed by atoms with E-state index in [1.807, 2.05) is 35.1 Å². The van der Waals surface area contributed by atoms with Crippen LogP contribution in [0.4, 0.5) is 10.3 Å². The van der Waals surface area contributed by atoms with Gasteiger partial charge in [0.15, 0.2) is 0 Å². The molecule has 4 aromatic heterocycles. The molecule has 5 rings (SSSR count). The lowest BCUT2D eigenvalue weighted by Crippen LogP contribution is -2.39. The molecule has 0 aliphatic carbocycles. The monoisotopic (exact) mass is 382 g/mol. The van der Waals surface area contributed by atoms with E-state index in [9.17, 15) is 4.39 Å². The van der Waals surface area contributed by atoms with E-state index in [4.69, 9.17) is 9.47 Å². The number of halogens is 1. The normalized spacial score (nSPS) is 19.9. The first kappa shape index (κ1) is 16.9. The summed E-state index contributed by atoms with van der Waals surface area (Å²) >= 11 is 0. The fourth-order valence-electron chi connectivity index (χ4n) is 3.55. The number of aromatic amines is 1. The van der Waals surface area contributed by atoms with Gasteiger partial charge >= 0.3 is 0 Å². The van der Waals surface area contributed by atoms with Gasteiger partial charge in [0.2, 0.25) is 11.8 Å². The van der Waals surface area contributed by atoms with Crippen molar-refractivity contribution >= 4 is 22.6 Å². The minimum absolute atomic E-state index is 0.0838. The van der Waals surface area contributed by atoms with E-state index in [1.54, 1.807) is 13.3 Å². The Labute approximate surface area is 159 Å². The zero-order valence-corrected chi connectivity index (χ0v) is 15.2. The van der Waals surface area contributed by atoms with Crippen molar-refractivity contribution in [1.29, 1.82) is 0 Å². The number of nitrogens with one attached hydrogen (secondary N) is 2. The quantitative estimate of drug-likeness (QED) is 0.564. The minimum atomic E-state index is -1.10. The van der Waals surface area contributed by atoms with Crippen LogP contribution in [0.5, 0.6) is 5.88 Å². The van der Waals surface area contributed by atoms with Crippen LogP contribution in [0, 0.1) is 0 Å². The maximum absolute atomic E-state index is 14.1. The van der Waals surface area contributed by atoms with Gasteiger partial charge in [-0.1, -0.05) is 0 Å². The van der Waals surface area contributed by atoms with Crippen LogP contribution in [0.1, 0.15) is 6.42 Å². The first-order valence-corrected chi connectivity index (χ1v) is 9.07. The Kier molecular flexibility index (Phi) is 4.09. The Balaban J connectivity index is 1.55. The molecular formula is C19H19FN6O2. The van der Waals surface area contributed by atoms with E-state index in [1.165, 1.54) is 0 Å². The minimum Gasteiger partial charge on any atom is -0.480 e. The lowest BCUT2D eigenvalue weighted by Gasteiger charge is -2.26. The molecule has 8 nitrogen and oxygen atoms in total. The van der Waals surface area contributed by atoms with Gasteiger partial charge < -0.3 is 24.2 Å². The fraction of sp³-hybridized carbons (Fsp3) is 0.316. The summed E-state index contributed by atoms with van der Waals surface area (Å²) in [7, 11) is 1.56. The molecule has 144 valence electrons. The number of nitrogens with zero attached hydrogens (tertiary/aromatic N) is 4. The molecule has 2 N–H and O–H groups in total. The lowest BCUT2D eigenvalue weighted by molar-refractivity contribution is 0.0284. The van der Waals surface area contributed by atoms with Gasteiger partial charge in [-0.05, 0) is 18.6 Å². The van der Waals surface area contributed by atoms with E-state index in [0.29, 0.717) is 30.5 Å². The smallest absolute Gasteiger partial charge is 0.228 e. The highest BCUT2D eigenvalue weighted by molar-refractivity contribution is 5.97. The molecule has 1 fully saturated rings. The number of hydrogen-bond acceptors (Lipinski definition) is 6. The van der Waals surface area contributed by atoms with E-state index in [-0.39, 0.29) is 12.6 Å². The van der Waals surface area contributed by atoms with Crippen molar-refractivity contribution in [2.75, 3.05) is 25.6 Å². The molecule has 1 saturated heterocycles. The summed E-state index contributed by atoms with van der Waals surface area (Å²) in [6, 6.07) is 3.56. The van der Waals surface area contributed by atoms with Gasteiger partial charge in [-0.25, -0.2) is 9.37 Å². The fourth-order valence-corrected chi connectivity index (χ4v) is 3.55. The van der Waals surface area contributed by atoms with Crippen molar-refractivity contribution in [1.82, 2.24) is 24.3 Å². The highest BCUT2D eigenvalue weighted by Crippen LogP contribution is 2.34. The zero-order valence-electron chi connectivity index (χ0n) is 15.2. The van der Waals surface area contributed by atoms with Crippen LogP contribution < -0.4 is 10.1 Å². The Hall–Kier alpha value is -3.20. The summed E-state index contributed by atoms with van der Waals surface area (Å²) in [6.45, 7) is 0.598. The lowest BCUT2D eigenvalue weighted by atomic mass is 10.1. The highest BCUT2D eigenvalue weighted by atomic mass is 19.1. The maximum atomic E-state index is 14.1. The van der Waals surface area contributed by atoms with E-state index >= 15 is 0 Å². The number of anilines is 1. The van der Waals surface area contributed by atoms with Crippen molar-refractivity contribution < 1.29 is 13.9 Å². The van der Waals surface area contributed by atoms with Crippen LogP contribution in [-0.4, -0.2) is 56.9 Å². The molecule has 1 aliphatic rings. The van der Waals surface area contributed by atoms with Crippen molar-refractivity contribution in [2.24, 2.45) is 0 Å². The van der Waals surface area contributed by atoms with E-state index < -0.39 is 6.17 Å². The van der Waals surface area contributed by atoms with Gasteiger partial charge in [0.1, 0.15) is 17.5 Å². The Morgan fingerprint density at radius 1 is 1.36 bits per heavy atom. The number of rotatable bonds is 4. The molecule has 9 heteroatoms. The second-order valence-electron chi connectivity index (χ2n) is 6.72. The van der Waals surface area contributed by atoms with Crippen molar-refractivity contribution in [2.45, 2.75) is 18.6 Å². The number of pyridine rings is 1. The van der Waals surface area contributed by atoms with Crippen molar-refractivity contribution in [3.63, 3.8) is 0 Å². The number of H-pyrrole nitrogens is 1. The van der Waals surface area contributed by atoms with Crippen molar-refractivity contribution in [3.8, 4) is 17.0 Å². The van der Waals surface area contributed by atoms with Crippen LogP contribution in [0.3, 0.4) is 0 Å². The van der Waals surface area contributed by atoms with Crippen LogP contribution in [0.25, 0.3) is 27.8 Å². The number of imidazole rings is 1. The summed E-state index contributed by atoms with van der Waals surface area (Å²) in [4.78, 5) is 16.4. The molecular weight excluding hydrogens is 363 g/mol. The summed E-state index contributed by atoms with van der Waals surface area (Å²) < 4.78 is 26.7. The van der Waals surface area contributed by atoms with Gasteiger partial charge in [-0.3, -0.25) is 0 Å². The van der Waals surface area contributed by atoms with Crippen LogP contribution in [0.2, 0.25) is 0 Å².